The maximum atomic E-state index is 13.0. The normalized spacial score (nSPS) is 21.3. The Morgan fingerprint density at radius 2 is 2.27 bits per heavy atom. The van der Waals surface area contributed by atoms with Gasteiger partial charge in [0.05, 0.1) is 0 Å². The molecule has 1 aliphatic rings. The zero-order valence-corrected chi connectivity index (χ0v) is 9.06. The molecule has 0 aliphatic carbocycles. The zero-order valence-electron chi connectivity index (χ0n) is 8.30. The lowest BCUT2D eigenvalue weighted by molar-refractivity contribution is 0.166. The number of hydrogen-bond donors (Lipinski definition) is 1. The van der Waals surface area contributed by atoms with Crippen LogP contribution in [-0.2, 0) is 0 Å². The van der Waals surface area contributed by atoms with Crippen LogP contribution in [0.4, 0.5) is 4.39 Å². The van der Waals surface area contributed by atoms with Crippen molar-refractivity contribution in [1.29, 1.82) is 0 Å². The van der Waals surface area contributed by atoms with Crippen molar-refractivity contribution in [3.8, 4) is 5.75 Å². The van der Waals surface area contributed by atoms with Gasteiger partial charge in [0.25, 0.3) is 0 Å². The highest BCUT2D eigenvalue weighted by molar-refractivity contribution is 6.30. The predicted molar refractivity (Wildman–Crippen MR) is 57.9 cm³/mol. The van der Waals surface area contributed by atoms with Crippen molar-refractivity contribution in [3.63, 3.8) is 0 Å². The number of nitrogens with one attached hydrogen (secondary N) is 1. The molecule has 1 aliphatic heterocycles. The van der Waals surface area contributed by atoms with Crippen LogP contribution >= 0.6 is 11.6 Å². The number of rotatable bonds is 2. The fourth-order valence-electron chi connectivity index (χ4n) is 1.71. The summed E-state index contributed by atoms with van der Waals surface area (Å²) in [7, 11) is 0. The summed E-state index contributed by atoms with van der Waals surface area (Å²) in [6.07, 6.45) is 2.21. The van der Waals surface area contributed by atoms with E-state index in [1.807, 2.05) is 0 Å². The van der Waals surface area contributed by atoms with E-state index in [1.54, 1.807) is 6.07 Å². The highest BCUT2D eigenvalue weighted by Crippen LogP contribution is 2.22. The molecule has 0 bridgehead atoms. The average Bonchev–Trinajstić information content (AvgIpc) is 2.17. The molecular formula is C11H13ClFNO. The van der Waals surface area contributed by atoms with E-state index in [0.29, 0.717) is 10.8 Å². The van der Waals surface area contributed by atoms with E-state index >= 15 is 0 Å². The Morgan fingerprint density at radius 1 is 1.40 bits per heavy atom. The molecule has 1 aromatic carbocycles. The Morgan fingerprint density at radius 3 is 2.93 bits per heavy atom. The summed E-state index contributed by atoms with van der Waals surface area (Å²) < 4.78 is 18.6. The predicted octanol–water partition coefficient (Wildman–Crippen LogP) is 2.61. The number of benzene rings is 1. The minimum Gasteiger partial charge on any atom is -0.489 e. The van der Waals surface area contributed by atoms with Crippen LogP contribution in [0.2, 0.25) is 5.02 Å². The van der Waals surface area contributed by atoms with E-state index in [0.717, 1.165) is 25.9 Å². The van der Waals surface area contributed by atoms with Crippen molar-refractivity contribution in [2.45, 2.75) is 18.9 Å². The summed E-state index contributed by atoms with van der Waals surface area (Å²) in [6.45, 7) is 1.85. The van der Waals surface area contributed by atoms with Crippen molar-refractivity contribution in [1.82, 2.24) is 5.32 Å². The fourth-order valence-corrected chi connectivity index (χ4v) is 1.92. The van der Waals surface area contributed by atoms with Gasteiger partial charge in [0.15, 0.2) is 0 Å². The zero-order chi connectivity index (χ0) is 10.7. The van der Waals surface area contributed by atoms with Crippen LogP contribution in [0, 0.1) is 5.82 Å². The molecule has 0 amide bonds. The third-order valence-corrected chi connectivity index (χ3v) is 2.61. The largest absolute Gasteiger partial charge is 0.489 e. The van der Waals surface area contributed by atoms with E-state index in [2.05, 4.69) is 5.32 Å². The van der Waals surface area contributed by atoms with E-state index in [9.17, 15) is 4.39 Å². The Bertz CT molecular complexity index is 319. The van der Waals surface area contributed by atoms with Crippen LogP contribution in [0.5, 0.6) is 5.75 Å². The maximum Gasteiger partial charge on any atom is 0.128 e. The van der Waals surface area contributed by atoms with Crippen molar-refractivity contribution >= 4 is 11.6 Å². The standard InChI is InChI=1S/C11H13ClFNO/c12-8-4-9(13)6-11(5-8)15-10-2-1-3-14-7-10/h4-6,10,14H,1-3,7H2. The van der Waals surface area contributed by atoms with Crippen LogP contribution in [0.15, 0.2) is 18.2 Å². The van der Waals surface area contributed by atoms with Gasteiger partial charge in [-0.2, -0.15) is 0 Å². The van der Waals surface area contributed by atoms with Crippen molar-refractivity contribution in [3.05, 3.63) is 29.0 Å². The lowest BCUT2D eigenvalue weighted by atomic mass is 10.1. The molecule has 0 spiro atoms. The molecule has 1 heterocycles. The molecule has 1 N–H and O–H groups in total. The maximum absolute atomic E-state index is 13.0. The Labute approximate surface area is 93.4 Å². The van der Waals surface area contributed by atoms with Crippen LogP contribution in [-0.4, -0.2) is 19.2 Å². The molecule has 2 nitrogen and oxygen atoms in total. The smallest absolute Gasteiger partial charge is 0.128 e. The second-order valence-electron chi connectivity index (χ2n) is 3.69. The van der Waals surface area contributed by atoms with Gasteiger partial charge in [0.1, 0.15) is 17.7 Å². The molecule has 4 heteroatoms. The Kier molecular flexibility index (Phi) is 3.44. The first-order valence-electron chi connectivity index (χ1n) is 5.07. The van der Waals surface area contributed by atoms with Crippen LogP contribution < -0.4 is 10.1 Å². The molecule has 1 saturated heterocycles. The number of hydrogen-bond acceptors (Lipinski definition) is 2. The van der Waals surface area contributed by atoms with Crippen molar-refractivity contribution < 1.29 is 9.13 Å². The number of halogens is 2. The number of ether oxygens (including phenoxy) is 1. The molecule has 0 saturated carbocycles. The quantitative estimate of drug-likeness (QED) is 0.842. The van der Waals surface area contributed by atoms with Crippen LogP contribution in [0.25, 0.3) is 0 Å². The number of piperidine rings is 1. The van der Waals surface area contributed by atoms with Gasteiger partial charge in [-0.3, -0.25) is 0 Å². The molecule has 1 unspecified atom stereocenters. The van der Waals surface area contributed by atoms with Crippen molar-refractivity contribution in [2.75, 3.05) is 13.1 Å². The van der Waals surface area contributed by atoms with E-state index in [4.69, 9.17) is 16.3 Å². The van der Waals surface area contributed by atoms with Gasteiger partial charge < -0.3 is 10.1 Å². The molecule has 15 heavy (non-hydrogen) atoms. The first-order chi connectivity index (χ1) is 7.24. The highest BCUT2D eigenvalue weighted by atomic mass is 35.5. The first-order valence-corrected chi connectivity index (χ1v) is 5.45. The third-order valence-electron chi connectivity index (χ3n) is 2.39. The molecule has 1 fully saturated rings. The highest BCUT2D eigenvalue weighted by Gasteiger charge is 2.14. The topological polar surface area (TPSA) is 21.3 Å². The van der Waals surface area contributed by atoms with Crippen molar-refractivity contribution in [2.24, 2.45) is 0 Å². The molecule has 0 aromatic heterocycles. The first kappa shape index (κ1) is 10.7. The summed E-state index contributed by atoms with van der Waals surface area (Å²) in [5, 5.41) is 3.60. The average molecular weight is 230 g/mol. The minimum atomic E-state index is -0.360. The van der Waals surface area contributed by atoms with Gasteiger partial charge in [-0.1, -0.05) is 11.6 Å². The van der Waals surface area contributed by atoms with Gasteiger partial charge >= 0.3 is 0 Å². The van der Waals surface area contributed by atoms with Gasteiger partial charge in [-0.15, -0.1) is 0 Å². The van der Waals surface area contributed by atoms with Gasteiger partial charge in [-0.25, -0.2) is 4.39 Å². The second kappa shape index (κ2) is 4.81. The van der Waals surface area contributed by atoms with E-state index in [1.165, 1.54) is 12.1 Å². The monoisotopic (exact) mass is 229 g/mol. The summed E-state index contributed by atoms with van der Waals surface area (Å²) in [5.74, 6) is 0.148. The van der Waals surface area contributed by atoms with E-state index < -0.39 is 0 Å². The molecular weight excluding hydrogens is 217 g/mol. The minimum absolute atomic E-state index is 0.122. The summed E-state index contributed by atoms with van der Waals surface area (Å²) in [4.78, 5) is 0. The van der Waals surface area contributed by atoms with Gasteiger partial charge in [0.2, 0.25) is 0 Å². The summed E-state index contributed by atoms with van der Waals surface area (Å²) in [6, 6.07) is 4.27. The Hall–Kier alpha value is -0.800. The fraction of sp³-hybridized carbons (Fsp3) is 0.455. The molecule has 0 radical (unpaired) electrons. The second-order valence-corrected chi connectivity index (χ2v) is 4.13. The van der Waals surface area contributed by atoms with Gasteiger partial charge in [0, 0.05) is 17.6 Å². The molecule has 1 aromatic rings. The summed E-state index contributed by atoms with van der Waals surface area (Å²) >= 11 is 5.73. The Balaban J connectivity index is 2.02. The molecule has 82 valence electrons. The molecule has 1 atom stereocenters. The lowest BCUT2D eigenvalue weighted by Gasteiger charge is -2.23. The third kappa shape index (κ3) is 3.08. The van der Waals surface area contributed by atoms with Crippen LogP contribution in [0.3, 0.4) is 0 Å². The molecule has 2 rings (SSSR count). The van der Waals surface area contributed by atoms with Crippen LogP contribution in [0.1, 0.15) is 12.8 Å². The lowest BCUT2D eigenvalue weighted by Crippen LogP contribution is -2.37. The van der Waals surface area contributed by atoms with Gasteiger partial charge in [-0.05, 0) is 31.5 Å². The van der Waals surface area contributed by atoms with E-state index in [-0.39, 0.29) is 11.9 Å². The summed E-state index contributed by atoms with van der Waals surface area (Å²) in [5.41, 5.74) is 0. The SMILES string of the molecule is Fc1cc(Cl)cc(OC2CCCNC2)c1.